The highest BCUT2D eigenvalue weighted by atomic mass is 16.6. The topological polar surface area (TPSA) is 119 Å². The average molecular weight is 330 g/mol. The number of hydrogen-bond acceptors (Lipinski definition) is 5. The number of carboxylic acid groups (broad SMARTS) is 1. The van der Waals surface area contributed by atoms with Crippen LogP contribution in [0.3, 0.4) is 0 Å². The molecule has 2 N–H and O–H groups in total. The van der Waals surface area contributed by atoms with E-state index in [1.807, 2.05) is 0 Å². The monoisotopic (exact) mass is 330 g/mol. The van der Waals surface area contributed by atoms with Crippen molar-refractivity contribution < 1.29 is 24.4 Å². The molecule has 0 aromatic heterocycles. The fourth-order valence-electron chi connectivity index (χ4n) is 1.98. The van der Waals surface area contributed by atoms with Crippen molar-refractivity contribution >= 4 is 23.3 Å². The molecule has 1 amide bonds. The Hall–Kier alpha value is -3.42. The van der Waals surface area contributed by atoms with Gasteiger partial charge in [0.15, 0.2) is 6.61 Å². The number of nitro benzene ring substituents is 1. The van der Waals surface area contributed by atoms with Crippen LogP contribution in [0, 0.1) is 17.0 Å². The zero-order chi connectivity index (χ0) is 17.7. The summed E-state index contributed by atoms with van der Waals surface area (Å²) in [6.07, 6.45) is 0. The molecule has 124 valence electrons. The highest BCUT2D eigenvalue weighted by Gasteiger charge is 2.11. The van der Waals surface area contributed by atoms with Crippen molar-refractivity contribution in [2.45, 2.75) is 6.92 Å². The molecule has 0 saturated heterocycles. The van der Waals surface area contributed by atoms with Crippen LogP contribution in [0.1, 0.15) is 15.9 Å². The summed E-state index contributed by atoms with van der Waals surface area (Å²) in [7, 11) is 0. The van der Waals surface area contributed by atoms with Crippen LogP contribution in [0.4, 0.5) is 11.4 Å². The van der Waals surface area contributed by atoms with Crippen molar-refractivity contribution in [2.75, 3.05) is 11.9 Å². The number of nitrogens with one attached hydrogen (secondary N) is 1. The van der Waals surface area contributed by atoms with Gasteiger partial charge in [0.05, 0.1) is 10.5 Å². The van der Waals surface area contributed by atoms with Gasteiger partial charge in [-0.25, -0.2) is 4.79 Å². The van der Waals surface area contributed by atoms with Crippen LogP contribution >= 0.6 is 0 Å². The summed E-state index contributed by atoms with van der Waals surface area (Å²) in [6, 6.07) is 9.87. The van der Waals surface area contributed by atoms with Gasteiger partial charge >= 0.3 is 5.97 Å². The van der Waals surface area contributed by atoms with Crippen molar-refractivity contribution in [1.29, 1.82) is 0 Å². The number of nitrogens with zero attached hydrogens (tertiary/aromatic N) is 1. The van der Waals surface area contributed by atoms with Gasteiger partial charge in [-0.05, 0) is 36.8 Å². The molecule has 0 spiro atoms. The molecule has 0 fully saturated rings. The van der Waals surface area contributed by atoms with E-state index >= 15 is 0 Å². The molecule has 0 aliphatic rings. The zero-order valence-corrected chi connectivity index (χ0v) is 12.7. The Balaban J connectivity index is 1.97. The number of amides is 1. The van der Waals surface area contributed by atoms with Crippen LogP contribution in [0.2, 0.25) is 0 Å². The lowest BCUT2D eigenvalue weighted by Gasteiger charge is -2.10. The normalized spacial score (nSPS) is 10.0. The van der Waals surface area contributed by atoms with Crippen molar-refractivity contribution in [3.05, 3.63) is 63.7 Å². The van der Waals surface area contributed by atoms with Crippen molar-refractivity contribution in [2.24, 2.45) is 0 Å². The van der Waals surface area contributed by atoms with Crippen LogP contribution in [0.25, 0.3) is 0 Å². The van der Waals surface area contributed by atoms with E-state index < -0.39 is 16.8 Å². The maximum Gasteiger partial charge on any atom is 0.335 e. The molecule has 0 heterocycles. The lowest BCUT2D eigenvalue weighted by Crippen LogP contribution is -2.20. The van der Waals surface area contributed by atoms with Gasteiger partial charge in [0, 0.05) is 17.8 Å². The van der Waals surface area contributed by atoms with Gasteiger partial charge in [0.25, 0.3) is 11.6 Å². The van der Waals surface area contributed by atoms with Crippen LogP contribution in [0.15, 0.2) is 42.5 Å². The molecule has 2 aromatic rings. The van der Waals surface area contributed by atoms with Crippen molar-refractivity contribution in [1.82, 2.24) is 0 Å². The molecule has 8 nitrogen and oxygen atoms in total. The number of carboxylic acids is 1. The number of ether oxygens (including phenoxy) is 1. The quantitative estimate of drug-likeness (QED) is 0.621. The third-order valence-electron chi connectivity index (χ3n) is 3.12. The lowest BCUT2D eigenvalue weighted by atomic mass is 10.2. The van der Waals surface area contributed by atoms with Crippen LogP contribution in [-0.2, 0) is 4.79 Å². The van der Waals surface area contributed by atoms with E-state index in [1.165, 1.54) is 36.4 Å². The number of non-ortho nitro benzene ring substituents is 1. The Morgan fingerprint density at radius 3 is 2.62 bits per heavy atom. The Morgan fingerprint density at radius 1 is 1.25 bits per heavy atom. The number of rotatable bonds is 6. The third kappa shape index (κ3) is 4.29. The van der Waals surface area contributed by atoms with E-state index in [2.05, 4.69) is 5.32 Å². The van der Waals surface area contributed by atoms with Crippen LogP contribution in [0.5, 0.6) is 5.75 Å². The summed E-state index contributed by atoms with van der Waals surface area (Å²) in [4.78, 5) is 32.9. The van der Waals surface area contributed by atoms with Crippen molar-refractivity contribution in [3.63, 3.8) is 0 Å². The number of aromatic carboxylic acids is 1. The maximum atomic E-state index is 11.9. The maximum absolute atomic E-state index is 11.9. The SMILES string of the molecule is Cc1cc([N+](=O)[O-])ccc1OCC(=O)Nc1cccc(C(=O)O)c1. The number of anilines is 1. The molecular formula is C16H14N2O6. The predicted octanol–water partition coefficient (Wildman–Crippen LogP) is 2.62. The van der Waals surface area contributed by atoms with E-state index in [0.29, 0.717) is 17.0 Å². The summed E-state index contributed by atoms with van der Waals surface area (Å²) in [5.41, 5.74) is 0.864. The fraction of sp³-hybridized carbons (Fsp3) is 0.125. The molecule has 0 aliphatic heterocycles. The van der Waals surface area contributed by atoms with E-state index in [0.717, 1.165) is 0 Å². The summed E-state index contributed by atoms with van der Waals surface area (Å²) < 4.78 is 5.33. The van der Waals surface area contributed by atoms with Gasteiger partial charge in [-0.2, -0.15) is 0 Å². The highest BCUT2D eigenvalue weighted by molar-refractivity contribution is 5.94. The van der Waals surface area contributed by atoms with Gasteiger partial charge in [-0.15, -0.1) is 0 Å². The minimum atomic E-state index is -1.09. The number of carbonyl (C=O) groups excluding carboxylic acids is 1. The highest BCUT2D eigenvalue weighted by Crippen LogP contribution is 2.23. The molecule has 0 saturated carbocycles. The minimum absolute atomic E-state index is 0.0555. The average Bonchev–Trinajstić information content (AvgIpc) is 2.53. The van der Waals surface area contributed by atoms with Gasteiger partial charge in [0.2, 0.25) is 0 Å². The Morgan fingerprint density at radius 2 is 2.00 bits per heavy atom. The summed E-state index contributed by atoms with van der Waals surface area (Å²) >= 11 is 0. The van der Waals surface area contributed by atoms with Crippen LogP contribution < -0.4 is 10.1 Å². The van der Waals surface area contributed by atoms with Crippen molar-refractivity contribution in [3.8, 4) is 5.75 Å². The Labute approximate surface area is 136 Å². The molecule has 24 heavy (non-hydrogen) atoms. The first-order valence-electron chi connectivity index (χ1n) is 6.88. The molecule has 0 atom stereocenters. The van der Waals surface area contributed by atoms with Gasteiger partial charge < -0.3 is 15.2 Å². The van der Waals surface area contributed by atoms with E-state index in [1.54, 1.807) is 13.0 Å². The first kappa shape index (κ1) is 16.9. The second-order valence-electron chi connectivity index (χ2n) is 4.93. The van der Waals surface area contributed by atoms with Crippen LogP contribution in [-0.4, -0.2) is 28.5 Å². The van der Waals surface area contributed by atoms with E-state index in [9.17, 15) is 19.7 Å². The third-order valence-corrected chi connectivity index (χ3v) is 3.12. The number of nitro groups is 1. The minimum Gasteiger partial charge on any atom is -0.483 e. The molecule has 8 heteroatoms. The number of carbonyl (C=O) groups is 2. The molecule has 0 unspecified atom stereocenters. The second kappa shape index (κ2) is 7.23. The summed E-state index contributed by atoms with van der Waals surface area (Å²) in [5.74, 6) is -1.21. The smallest absolute Gasteiger partial charge is 0.335 e. The molecule has 0 aliphatic carbocycles. The van der Waals surface area contributed by atoms with E-state index in [-0.39, 0.29) is 17.9 Å². The van der Waals surface area contributed by atoms with E-state index in [4.69, 9.17) is 9.84 Å². The summed E-state index contributed by atoms with van der Waals surface area (Å²) in [5, 5.41) is 22.1. The zero-order valence-electron chi connectivity index (χ0n) is 12.7. The molecule has 0 radical (unpaired) electrons. The fourth-order valence-corrected chi connectivity index (χ4v) is 1.98. The van der Waals surface area contributed by atoms with Gasteiger partial charge in [-0.1, -0.05) is 6.07 Å². The van der Waals surface area contributed by atoms with Gasteiger partial charge in [-0.3, -0.25) is 14.9 Å². The lowest BCUT2D eigenvalue weighted by molar-refractivity contribution is -0.384. The Bertz CT molecular complexity index is 803. The standard InChI is InChI=1S/C16H14N2O6/c1-10-7-13(18(22)23)5-6-14(10)24-9-15(19)17-12-4-2-3-11(8-12)16(20)21/h2-8H,9H2,1H3,(H,17,19)(H,20,21). The summed E-state index contributed by atoms with van der Waals surface area (Å²) in [6.45, 7) is 1.33. The number of benzene rings is 2. The largest absolute Gasteiger partial charge is 0.483 e. The molecule has 2 rings (SSSR count). The number of hydrogen-bond donors (Lipinski definition) is 2. The second-order valence-corrected chi connectivity index (χ2v) is 4.93. The number of aryl methyl sites for hydroxylation is 1. The molecule has 0 bridgehead atoms. The molecular weight excluding hydrogens is 316 g/mol. The van der Waals surface area contributed by atoms with Gasteiger partial charge in [0.1, 0.15) is 5.75 Å². The Kier molecular flexibility index (Phi) is 5.10. The first-order valence-corrected chi connectivity index (χ1v) is 6.88. The molecule has 2 aromatic carbocycles. The predicted molar refractivity (Wildman–Crippen MR) is 85.4 cm³/mol. The first-order chi connectivity index (χ1) is 11.4.